The second-order valence-corrected chi connectivity index (χ2v) is 12.7. The Kier molecular flexibility index (Phi) is 7.25. The molecule has 45 heavy (non-hydrogen) atoms. The zero-order chi connectivity index (χ0) is 32.1. The van der Waals surface area contributed by atoms with E-state index in [1.807, 2.05) is 27.7 Å². The minimum Gasteiger partial charge on any atom is -0.464 e. The van der Waals surface area contributed by atoms with E-state index in [2.05, 4.69) is 27.9 Å². The number of nitrogens with one attached hydrogen (secondary N) is 2. The maximum absolute atomic E-state index is 12.8. The highest BCUT2D eigenvalue weighted by Crippen LogP contribution is 2.39. The molecule has 2 saturated heterocycles. The summed E-state index contributed by atoms with van der Waals surface area (Å²) in [6, 6.07) is 9.24. The molecule has 0 bridgehead atoms. The van der Waals surface area contributed by atoms with E-state index in [-0.39, 0.29) is 17.7 Å². The molecule has 0 aliphatic carbocycles. The minimum atomic E-state index is -1.23. The molecule has 14 heteroatoms. The zero-order valence-electron chi connectivity index (χ0n) is 25.4. The molecule has 2 fully saturated rings. The van der Waals surface area contributed by atoms with Gasteiger partial charge in [-0.05, 0) is 46.6 Å². The summed E-state index contributed by atoms with van der Waals surface area (Å²) in [5.41, 5.74) is 1.35. The molecule has 4 aromatic rings. The molecule has 2 aliphatic heterocycles. The number of nitriles is 2. The number of hydrogen-bond donors (Lipinski definition) is 3. The van der Waals surface area contributed by atoms with Gasteiger partial charge in [0.2, 0.25) is 0 Å². The Hall–Kier alpha value is -5.34. The molecule has 1 amide bonds. The number of aromatic nitrogens is 4. The lowest BCUT2D eigenvalue weighted by atomic mass is 9.98. The SMILES string of the molecule is CC1(Nc2c(C#N)ccc3c(-c4cc(N[C@H]5CCCN(C(=O)OC(C)(C)C)C5)n5ncc(C#N)c5n4)cn(C(=O)O)c23)COC1. The van der Waals surface area contributed by atoms with Crippen LogP contribution in [0.4, 0.5) is 21.1 Å². The lowest BCUT2D eigenvalue weighted by molar-refractivity contribution is -0.0317. The zero-order valence-corrected chi connectivity index (χ0v) is 25.4. The quantitative estimate of drug-likeness (QED) is 0.286. The van der Waals surface area contributed by atoms with E-state index in [0.29, 0.717) is 71.2 Å². The lowest BCUT2D eigenvalue weighted by Crippen LogP contribution is -2.53. The molecule has 0 saturated carbocycles. The molecule has 0 unspecified atom stereocenters. The van der Waals surface area contributed by atoms with E-state index in [0.717, 1.165) is 17.4 Å². The third-order valence-corrected chi connectivity index (χ3v) is 7.86. The number of piperidine rings is 1. The molecule has 3 N–H and O–H groups in total. The first-order chi connectivity index (χ1) is 21.4. The summed E-state index contributed by atoms with van der Waals surface area (Å²) in [7, 11) is 0. The van der Waals surface area contributed by atoms with Crippen molar-refractivity contribution in [1.82, 2.24) is 24.1 Å². The van der Waals surface area contributed by atoms with Crippen molar-refractivity contribution in [2.45, 2.75) is 57.7 Å². The van der Waals surface area contributed by atoms with Crippen molar-refractivity contribution in [2.75, 3.05) is 36.9 Å². The first-order valence-corrected chi connectivity index (χ1v) is 14.6. The predicted octanol–water partition coefficient (Wildman–Crippen LogP) is 4.63. The fourth-order valence-corrected chi connectivity index (χ4v) is 5.76. The summed E-state index contributed by atoms with van der Waals surface area (Å²) in [6.07, 6.45) is 2.81. The molecule has 14 nitrogen and oxygen atoms in total. The highest BCUT2D eigenvalue weighted by molar-refractivity contribution is 6.07. The maximum Gasteiger partial charge on any atom is 0.416 e. The Balaban J connectivity index is 1.45. The van der Waals surface area contributed by atoms with Crippen molar-refractivity contribution >= 4 is 40.2 Å². The van der Waals surface area contributed by atoms with Crippen molar-refractivity contribution in [1.29, 1.82) is 10.5 Å². The van der Waals surface area contributed by atoms with Gasteiger partial charge in [-0.15, -0.1) is 0 Å². The summed E-state index contributed by atoms with van der Waals surface area (Å²) in [4.78, 5) is 31.8. The van der Waals surface area contributed by atoms with Crippen LogP contribution in [0.1, 0.15) is 51.7 Å². The van der Waals surface area contributed by atoms with Gasteiger partial charge in [0.05, 0.1) is 47.4 Å². The fourth-order valence-electron chi connectivity index (χ4n) is 5.76. The number of nitrogens with zero attached hydrogens (tertiary/aromatic N) is 7. The summed E-state index contributed by atoms with van der Waals surface area (Å²) in [6.45, 7) is 9.21. The second-order valence-electron chi connectivity index (χ2n) is 12.7. The van der Waals surface area contributed by atoms with Crippen molar-refractivity contribution in [2.24, 2.45) is 0 Å². The van der Waals surface area contributed by atoms with Gasteiger partial charge in [0, 0.05) is 42.3 Å². The Morgan fingerprint density at radius 1 is 1.20 bits per heavy atom. The Bertz CT molecular complexity index is 1920. The Morgan fingerprint density at radius 2 is 1.96 bits per heavy atom. The van der Waals surface area contributed by atoms with E-state index in [4.69, 9.17) is 14.5 Å². The maximum atomic E-state index is 12.8. The normalized spacial score (nSPS) is 17.7. The van der Waals surface area contributed by atoms with E-state index in [1.165, 1.54) is 16.9 Å². The van der Waals surface area contributed by atoms with Gasteiger partial charge in [-0.1, -0.05) is 6.07 Å². The smallest absolute Gasteiger partial charge is 0.416 e. The number of carbonyl (C=O) groups is 2. The average molecular weight is 612 g/mol. The van der Waals surface area contributed by atoms with Gasteiger partial charge in [0.1, 0.15) is 29.1 Å². The van der Waals surface area contributed by atoms with Crippen LogP contribution in [0.3, 0.4) is 0 Å². The summed E-state index contributed by atoms with van der Waals surface area (Å²) >= 11 is 0. The highest BCUT2D eigenvalue weighted by Gasteiger charge is 2.35. The van der Waals surface area contributed by atoms with Gasteiger partial charge in [0.25, 0.3) is 0 Å². The Labute approximate surface area is 258 Å². The second kappa shape index (κ2) is 11.0. The van der Waals surface area contributed by atoms with Gasteiger partial charge in [-0.3, -0.25) is 0 Å². The topological polar surface area (TPSA) is 183 Å². The van der Waals surface area contributed by atoms with E-state index in [9.17, 15) is 25.2 Å². The third-order valence-electron chi connectivity index (χ3n) is 7.86. The van der Waals surface area contributed by atoms with Gasteiger partial charge < -0.3 is 30.1 Å². The molecular weight excluding hydrogens is 578 g/mol. The largest absolute Gasteiger partial charge is 0.464 e. The molecule has 3 aromatic heterocycles. The number of rotatable bonds is 5. The van der Waals surface area contributed by atoms with Crippen LogP contribution < -0.4 is 10.6 Å². The van der Waals surface area contributed by atoms with Crippen LogP contribution in [0.25, 0.3) is 27.8 Å². The molecule has 232 valence electrons. The van der Waals surface area contributed by atoms with E-state index >= 15 is 0 Å². The molecule has 2 aliphatic rings. The first kappa shape index (κ1) is 29.7. The van der Waals surface area contributed by atoms with Crippen LogP contribution in [0.5, 0.6) is 0 Å². The standard InChI is InChI=1S/C31H33N9O5/c1-30(2,3)45-29(43)38-9-5-6-20(14-38)35-24-10-23(36-27-19(12-33)13-34-40(24)27)22-15-39(28(41)42)26-21(22)8-7-18(11-32)25(26)37-31(4)16-44-17-31/h7-8,10,13,15,20,35,37H,5-6,9,14,16-17H2,1-4H3,(H,41,42)/t20-/m0/s1. The highest BCUT2D eigenvalue weighted by atomic mass is 16.6. The third kappa shape index (κ3) is 5.56. The molecule has 6 rings (SSSR count). The lowest BCUT2D eigenvalue weighted by Gasteiger charge is -2.40. The van der Waals surface area contributed by atoms with Crippen LogP contribution >= 0.6 is 0 Å². The van der Waals surface area contributed by atoms with Crippen LogP contribution in [0, 0.1) is 22.7 Å². The Morgan fingerprint density at radius 3 is 2.60 bits per heavy atom. The van der Waals surface area contributed by atoms with Gasteiger partial charge >= 0.3 is 12.2 Å². The monoisotopic (exact) mass is 611 g/mol. The molecule has 5 heterocycles. The van der Waals surface area contributed by atoms with Crippen LogP contribution in [0.2, 0.25) is 0 Å². The minimum absolute atomic E-state index is 0.153. The molecule has 0 spiro atoms. The number of anilines is 2. The number of fused-ring (bicyclic) bond motifs is 2. The summed E-state index contributed by atoms with van der Waals surface area (Å²) in [5.74, 6) is 0.523. The predicted molar refractivity (Wildman–Crippen MR) is 164 cm³/mol. The summed E-state index contributed by atoms with van der Waals surface area (Å²) < 4.78 is 13.6. The van der Waals surface area contributed by atoms with E-state index in [1.54, 1.807) is 23.1 Å². The van der Waals surface area contributed by atoms with Gasteiger partial charge in [-0.2, -0.15) is 20.1 Å². The number of hydrogen-bond acceptors (Lipinski definition) is 10. The number of ether oxygens (including phenoxy) is 2. The number of amides is 1. The van der Waals surface area contributed by atoms with Crippen LogP contribution in [0.15, 0.2) is 30.6 Å². The fraction of sp³-hybridized carbons (Fsp3) is 0.419. The number of benzene rings is 1. The van der Waals surface area contributed by atoms with Crippen molar-refractivity contribution in [3.05, 3.63) is 41.7 Å². The van der Waals surface area contributed by atoms with Crippen molar-refractivity contribution < 1.29 is 24.2 Å². The van der Waals surface area contributed by atoms with Crippen molar-refractivity contribution in [3.8, 4) is 23.4 Å². The molecule has 0 radical (unpaired) electrons. The average Bonchev–Trinajstić information content (AvgIpc) is 3.58. The van der Waals surface area contributed by atoms with Crippen molar-refractivity contribution in [3.63, 3.8) is 0 Å². The van der Waals surface area contributed by atoms with Crippen LogP contribution in [-0.4, -0.2) is 84.8 Å². The number of carbonyl (C=O) groups excluding carboxylic acids is 1. The van der Waals surface area contributed by atoms with Crippen LogP contribution in [-0.2, 0) is 9.47 Å². The van der Waals surface area contributed by atoms with Gasteiger partial charge in [-0.25, -0.2) is 19.1 Å². The molecular formula is C31H33N9O5. The number of carboxylic acid groups (broad SMARTS) is 1. The van der Waals surface area contributed by atoms with Gasteiger partial charge in [0.15, 0.2) is 5.65 Å². The molecule has 1 aromatic carbocycles. The number of likely N-dealkylation sites (tertiary alicyclic amines) is 1. The summed E-state index contributed by atoms with van der Waals surface area (Å²) in [5, 5.41) is 41.7. The van der Waals surface area contributed by atoms with E-state index < -0.39 is 17.2 Å². The first-order valence-electron chi connectivity index (χ1n) is 14.6. The molecule has 1 atom stereocenters.